The highest BCUT2D eigenvalue weighted by molar-refractivity contribution is 7.85. The Labute approximate surface area is 90.2 Å². The average molecular weight is 229 g/mol. The van der Waals surface area contributed by atoms with Crippen molar-refractivity contribution in [2.75, 3.05) is 12.9 Å². The second-order valence-corrected chi connectivity index (χ2v) is 4.94. The fourth-order valence-electron chi connectivity index (χ4n) is 1.15. The SMILES string of the molecule is CS(=O)(=O)OCCc1ccc(CN)cc1. The molecule has 0 amide bonds. The van der Waals surface area contributed by atoms with E-state index in [1.807, 2.05) is 24.3 Å². The third-order valence-corrected chi connectivity index (χ3v) is 2.54. The zero-order valence-electron chi connectivity index (χ0n) is 8.64. The lowest BCUT2D eigenvalue weighted by Gasteiger charge is -2.02. The van der Waals surface area contributed by atoms with Gasteiger partial charge in [-0.15, -0.1) is 0 Å². The highest BCUT2D eigenvalue weighted by Crippen LogP contribution is 2.05. The first-order valence-electron chi connectivity index (χ1n) is 4.63. The van der Waals surface area contributed by atoms with E-state index in [1.165, 1.54) is 0 Å². The smallest absolute Gasteiger partial charge is 0.264 e. The fourth-order valence-corrected chi connectivity index (χ4v) is 1.54. The van der Waals surface area contributed by atoms with Gasteiger partial charge < -0.3 is 5.73 Å². The van der Waals surface area contributed by atoms with Crippen molar-refractivity contribution in [3.8, 4) is 0 Å². The van der Waals surface area contributed by atoms with Gasteiger partial charge in [-0.3, -0.25) is 4.18 Å². The van der Waals surface area contributed by atoms with Gasteiger partial charge in [-0.1, -0.05) is 24.3 Å². The molecule has 0 radical (unpaired) electrons. The van der Waals surface area contributed by atoms with Crippen LogP contribution in [0.1, 0.15) is 11.1 Å². The molecule has 0 aliphatic heterocycles. The summed E-state index contributed by atoms with van der Waals surface area (Å²) in [5.74, 6) is 0. The van der Waals surface area contributed by atoms with Gasteiger partial charge in [0.2, 0.25) is 0 Å². The van der Waals surface area contributed by atoms with Crippen LogP contribution >= 0.6 is 0 Å². The molecule has 4 nitrogen and oxygen atoms in total. The van der Waals surface area contributed by atoms with Crippen molar-refractivity contribution in [3.05, 3.63) is 35.4 Å². The van der Waals surface area contributed by atoms with Crippen molar-refractivity contribution < 1.29 is 12.6 Å². The molecule has 15 heavy (non-hydrogen) atoms. The Morgan fingerprint density at radius 3 is 2.20 bits per heavy atom. The molecule has 1 rings (SSSR count). The summed E-state index contributed by atoms with van der Waals surface area (Å²) in [6, 6.07) is 7.70. The Hall–Kier alpha value is -0.910. The average Bonchev–Trinajstić information content (AvgIpc) is 2.17. The van der Waals surface area contributed by atoms with Gasteiger partial charge in [0.25, 0.3) is 10.1 Å². The minimum atomic E-state index is -3.33. The van der Waals surface area contributed by atoms with Crippen LogP contribution in [0.15, 0.2) is 24.3 Å². The predicted octanol–water partition coefficient (Wildman–Crippen LogP) is 0.664. The molecule has 84 valence electrons. The molecule has 1 aromatic carbocycles. The van der Waals surface area contributed by atoms with Crippen LogP contribution in [0.4, 0.5) is 0 Å². The first kappa shape index (κ1) is 12.2. The minimum Gasteiger partial charge on any atom is -0.326 e. The third kappa shape index (κ3) is 4.92. The van der Waals surface area contributed by atoms with Gasteiger partial charge in [0.15, 0.2) is 0 Å². The van der Waals surface area contributed by atoms with Crippen LogP contribution in [0.2, 0.25) is 0 Å². The second kappa shape index (κ2) is 5.25. The fraction of sp³-hybridized carbons (Fsp3) is 0.400. The molecule has 0 aromatic heterocycles. The molecular weight excluding hydrogens is 214 g/mol. The van der Waals surface area contributed by atoms with Gasteiger partial charge in [0.1, 0.15) is 0 Å². The van der Waals surface area contributed by atoms with Crippen LogP contribution in [-0.4, -0.2) is 21.3 Å². The van der Waals surface area contributed by atoms with Crippen molar-refractivity contribution in [2.24, 2.45) is 5.73 Å². The number of nitrogens with two attached hydrogens (primary N) is 1. The standard InChI is InChI=1S/C10H15NO3S/c1-15(12,13)14-7-6-9-2-4-10(8-11)5-3-9/h2-5H,6-8,11H2,1H3. The lowest BCUT2D eigenvalue weighted by Crippen LogP contribution is -2.06. The van der Waals surface area contributed by atoms with E-state index in [-0.39, 0.29) is 6.61 Å². The summed E-state index contributed by atoms with van der Waals surface area (Å²) in [6.07, 6.45) is 1.63. The minimum absolute atomic E-state index is 0.181. The highest BCUT2D eigenvalue weighted by atomic mass is 32.2. The maximum absolute atomic E-state index is 10.7. The van der Waals surface area contributed by atoms with Crippen molar-refractivity contribution in [2.45, 2.75) is 13.0 Å². The molecule has 0 aliphatic carbocycles. The molecule has 0 aliphatic rings. The van der Waals surface area contributed by atoms with E-state index in [0.717, 1.165) is 17.4 Å². The van der Waals surface area contributed by atoms with Crippen molar-refractivity contribution in [1.82, 2.24) is 0 Å². The Kier molecular flexibility index (Phi) is 4.26. The Balaban J connectivity index is 2.45. The molecular formula is C10H15NO3S. The number of hydrogen-bond acceptors (Lipinski definition) is 4. The van der Waals surface area contributed by atoms with E-state index in [2.05, 4.69) is 4.18 Å². The van der Waals surface area contributed by atoms with E-state index >= 15 is 0 Å². The summed E-state index contributed by atoms with van der Waals surface area (Å²) in [6.45, 7) is 0.695. The first-order chi connectivity index (χ1) is 7.01. The Morgan fingerprint density at radius 2 is 1.73 bits per heavy atom. The maximum Gasteiger partial charge on any atom is 0.264 e. The van der Waals surface area contributed by atoms with Gasteiger partial charge in [-0.25, -0.2) is 0 Å². The monoisotopic (exact) mass is 229 g/mol. The molecule has 0 unspecified atom stereocenters. The van der Waals surface area contributed by atoms with Crippen molar-refractivity contribution >= 4 is 10.1 Å². The molecule has 2 N–H and O–H groups in total. The number of benzene rings is 1. The van der Waals surface area contributed by atoms with Gasteiger partial charge in [0.05, 0.1) is 12.9 Å². The lowest BCUT2D eigenvalue weighted by atomic mass is 10.1. The number of hydrogen-bond donors (Lipinski definition) is 1. The van der Waals surface area contributed by atoms with Crippen molar-refractivity contribution in [3.63, 3.8) is 0 Å². The predicted molar refractivity (Wildman–Crippen MR) is 58.8 cm³/mol. The maximum atomic E-state index is 10.7. The van der Waals surface area contributed by atoms with Crippen LogP contribution < -0.4 is 5.73 Å². The molecule has 1 aromatic rings. The Bertz CT molecular complexity index is 397. The normalized spacial score (nSPS) is 11.6. The molecule has 0 atom stereocenters. The molecule has 0 bridgehead atoms. The van der Waals surface area contributed by atoms with Gasteiger partial charge in [-0.2, -0.15) is 8.42 Å². The van der Waals surface area contributed by atoms with E-state index < -0.39 is 10.1 Å². The molecule has 0 spiro atoms. The summed E-state index contributed by atoms with van der Waals surface area (Å²) in [5, 5.41) is 0. The molecule has 5 heteroatoms. The summed E-state index contributed by atoms with van der Waals surface area (Å²) < 4.78 is 26.0. The Morgan fingerprint density at radius 1 is 1.20 bits per heavy atom. The van der Waals surface area contributed by atoms with Crippen LogP contribution in [-0.2, 0) is 27.3 Å². The van der Waals surface area contributed by atoms with Crippen LogP contribution in [0.25, 0.3) is 0 Å². The molecule has 0 fully saturated rings. The molecule has 0 saturated heterocycles. The largest absolute Gasteiger partial charge is 0.326 e. The van der Waals surface area contributed by atoms with Crippen molar-refractivity contribution in [1.29, 1.82) is 0 Å². The van der Waals surface area contributed by atoms with Gasteiger partial charge in [0, 0.05) is 6.54 Å². The quantitative estimate of drug-likeness (QED) is 0.753. The highest BCUT2D eigenvalue weighted by Gasteiger charge is 2.01. The van der Waals surface area contributed by atoms with E-state index in [9.17, 15) is 8.42 Å². The summed E-state index contributed by atoms with van der Waals surface area (Å²) in [4.78, 5) is 0. The lowest BCUT2D eigenvalue weighted by molar-refractivity contribution is 0.326. The zero-order valence-corrected chi connectivity index (χ0v) is 9.46. The molecule has 0 heterocycles. The topological polar surface area (TPSA) is 69.4 Å². The van der Waals surface area contributed by atoms with E-state index in [0.29, 0.717) is 13.0 Å². The molecule has 0 saturated carbocycles. The van der Waals surface area contributed by atoms with Gasteiger partial charge in [-0.05, 0) is 17.5 Å². The first-order valence-corrected chi connectivity index (χ1v) is 6.45. The van der Waals surface area contributed by atoms with Crippen LogP contribution in [0.3, 0.4) is 0 Å². The van der Waals surface area contributed by atoms with Crippen LogP contribution in [0, 0.1) is 0 Å². The number of rotatable bonds is 5. The zero-order chi connectivity index (χ0) is 11.3. The van der Waals surface area contributed by atoms with Gasteiger partial charge >= 0.3 is 0 Å². The third-order valence-electron chi connectivity index (χ3n) is 1.95. The van der Waals surface area contributed by atoms with E-state index in [4.69, 9.17) is 5.73 Å². The summed E-state index contributed by atoms with van der Waals surface area (Å²) in [5.41, 5.74) is 7.55. The summed E-state index contributed by atoms with van der Waals surface area (Å²) in [7, 11) is -3.33. The van der Waals surface area contributed by atoms with Crippen LogP contribution in [0.5, 0.6) is 0 Å². The summed E-state index contributed by atoms with van der Waals surface area (Å²) >= 11 is 0. The second-order valence-electron chi connectivity index (χ2n) is 3.30. The van der Waals surface area contributed by atoms with E-state index in [1.54, 1.807) is 0 Å².